The van der Waals surface area contributed by atoms with E-state index in [1.165, 1.54) is 35.7 Å². The van der Waals surface area contributed by atoms with Crippen LogP contribution < -0.4 is 9.04 Å². The summed E-state index contributed by atoms with van der Waals surface area (Å²) in [6, 6.07) is 14.6. The number of ether oxygens (including phenoxy) is 2. The molecule has 204 valence electrons. The molecule has 6 rings (SSSR count). The summed E-state index contributed by atoms with van der Waals surface area (Å²) < 4.78 is 70.2. The Kier molecular flexibility index (Phi) is 6.27. The van der Waals surface area contributed by atoms with Crippen molar-refractivity contribution in [2.24, 2.45) is 5.92 Å². The van der Waals surface area contributed by atoms with Crippen molar-refractivity contribution in [1.29, 1.82) is 0 Å². The molecule has 0 amide bonds. The lowest BCUT2D eigenvalue weighted by atomic mass is 9.83. The molecule has 3 unspecified atom stereocenters. The minimum Gasteiger partial charge on any atom is -0.505 e. The van der Waals surface area contributed by atoms with Crippen LogP contribution in [0, 0.1) is 17.6 Å². The first-order chi connectivity index (χ1) is 18.7. The summed E-state index contributed by atoms with van der Waals surface area (Å²) in [5.74, 6) is -1.89. The van der Waals surface area contributed by atoms with Crippen LogP contribution in [-0.4, -0.2) is 49.7 Å². The Labute approximate surface area is 225 Å². The van der Waals surface area contributed by atoms with E-state index in [2.05, 4.69) is 0 Å². The highest BCUT2D eigenvalue weighted by Crippen LogP contribution is 2.52. The summed E-state index contributed by atoms with van der Waals surface area (Å²) in [6.07, 6.45) is 0.389. The minimum atomic E-state index is -3.96. The van der Waals surface area contributed by atoms with E-state index >= 15 is 0 Å². The third-order valence-electron chi connectivity index (χ3n) is 7.68. The monoisotopic (exact) mass is 555 g/mol. The largest absolute Gasteiger partial charge is 0.505 e. The molecule has 1 saturated carbocycles. The number of rotatable bonds is 8. The fourth-order valence-corrected chi connectivity index (χ4v) is 7.60. The number of sulfonamides is 1. The Balaban J connectivity index is 1.45. The maximum atomic E-state index is 14.5. The zero-order chi connectivity index (χ0) is 27.5. The molecule has 0 radical (unpaired) electrons. The van der Waals surface area contributed by atoms with Crippen LogP contribution in [0.15, 0.2) is 60.7 Å². The Morgan fingerprint density at radius 2 is 1.51 bits per heavy atom. The standard InChI is InChI=1S/C29H27F2NO6S/c1-37-20-8-6-19(7-9-20)32(15-16-2-3-16)39(35,36)26-14-25-27(17-4-10-23(33)21(30)12-17)28(29(26)38-25)18-5-11-24(34)22(31)13-18/h4-13,16,25-26,29,33-34H,2-3,14-15H2,1H3. The van der Waals surface area contributed by atoms with Gasteiger partial charge in [-0.1, -0.05) is 12.1 Å². The Morgan fingerprint density at radius 1 is 0.923 bits per heavy atom. The Hall–Kier alpha value is -3.63. The SMILES string of the molecule is COc1ccc(N(CC2CC2)S(=O)(=O)C2CC3OC2C(c2ccc(O)c(F)c2)=C3c2ccc(O)c(F)c2)cc1. The molecule has 2 heterocycles. The molecule has 3 atom stereocenters. The molecule has 1 saturated heterocycles. The summed E-state index contributed by atoms with van der Waals surface area (Å²) in [6.45, 7) is 0.339. The molecule has 10 heteroatoms. The van der Waals surface area contributed by atoms with Gasteiger partial charge in [0.2, 0.25) is 10.0 Å². The van der Waals surface area contributed by atoms with Crippen LogP contribution >= 0.6 is 0 Å². The van der Waals surface area contributed by atoms with Gasteiger partial charge in [0.1, 0.15) is 17.1 Å². The van der Waals surface area contributed by atoms with Crippen LogP contribution in [0.3, 0.4) is 0 Å². The lowest BCUT2D eigenvalue weighted by molar-refractivity contribution is 0.128. The van der Waals surface area contributed by atoms with Gasteiger partial charge < -0.3 is 19.7 Å². The summed E-state index contributed by atoms with van der Waals surface area (Å²) in [7, 11) is -2.42. The highest BCUT2D eigenvalue weighted by Gasteiger charge is 2.54. The van der Waals surface area contributed by atoms with Crippen molar-refractivity contribution in [3.8, 4) is 17.2 Å². The van der Waals surface area contributed by atoms with Gasteiger partial charge in [0.25, 0.3) is 0 Å². The van der Waals surface area contributed by atoms with Crippen LogP contribution in [0.5, 0.6) is 17.2 Å². The number of phenols is 2. The van der Waals surface area contributed by atoms with Crippen molar-refractivity contribution < 1.29 is 36.9 Å². The first kappa shape index (κ1) is 25.6. The van der Waals surface area contributed by atoms with Crippen LogP contribution in [-0.2, 0) is 14.8 Å². The minimum absolute atomic E-state index is 0.131. The topological polar surface area (TPSA) is 96.3 Å². The van der Waals surface area contributed by atoms with Crippen molar-refractivity contribution in [2.75, 3.05) is 18.0 Å². The average Bonchev–Trinajstić information content (AvgIpc) is 3.54. The molecule has 3 aromatic carbocycles. The predicted octanol–water partition coefficient (Wildman–Crippen LogP) is 5.08. The van der Waals surface area contributed by atoms with Gasteiger partial charge in [-0.25, -0.2) is 17.2 Å². The molecular weight excluding hydrogens is 528 g/mol. The number of phenolic OH excluding ortho intramolecular Hbond substituents is 2. The molecule has 2 N–H and O–H groups in total. The number of aromatic hydroxyl groups is 2. The fraction of sp³-hybridized carbons (Fsp3) is 0.310. The quantitative estimate of drug-likeness (QED) is 0.403. The van der Waals surface area contributed by atoms with Crippen LogP contribution in [0.4, 0.5) is 14.5 Å². The molecule has 2 fully saturated rings. The molecule has 7 nitrogen and oxygen atoms in total. The Bertz CT molecular complexity index is 1570. The number of halogens is 2. The zero-order valence-electron chi connectivity index (χ0n) is 21.1. The van der Waals surface area contributed by atoms with Gasteiger partial charge in [-0.2, -0.15) is 0 Å². The number of methoxy groups -OCH3 is 1. The smallest absolute Gasteiger partial charge is 0.241 e. The zero-order valence-corrected chi connectivity index (χ0v) is 21.9. The second kappa shape index (κ2) is 9.53. The molecule has 2 bridgehead atoms. The van der Waals surface area contributed by atoms with Crippen LogP contribution in [0.25, 0.3) is 11.1 Å². The number of nitrogens with zero attached hydrogens (tertiary/aromatic N) is 1. The molecule has 1 aliphatic carbocycles. The summed E-state index contributed by atoms with van der Waals surface area (Å²) in [4.78, 5) is 0. The normalized spacial score (nSPS) is 22.4. The van der Waals surface area contributed by atoms with Crippen molar-refractivity contribution in [3.05, 3.63) is 83.4 Å². The summed E-state index contributed by atoms with van der Waals surface area (Å²) >= 11 is 0. The summed E-state index contributed by atoms with van der Waals surface area (Å²) in [5, 5.41) is 18.5. The number of hydrogen-bond acceptors (Lipinski definition) is 6. The molecule has 2 aliphatic heterocycles. The van der Waals surface area contributed by atoms with Gasteiger partial charge in [0.05, 0.1) is 18.9 Å². The van der Waals surface area contributed by atoms with E-state index in [0.717, 1.165) is 25.0 Å². The molecule has 0 spiro atoms. The maximum Gasteiger partial charge on any atom is 0.241 e. The van der Waals surface area contributed by atoms with E-state index in [-0.39, 0.29) is 12.3 Å². The molecule has 3 aromatic rings. The maximum absolute atomic E-state index is 14.5. The van der Waals surface area contributed by atoms with Gasteiger partial charge in [-0.15, -0.1) is 0 Å². The fourth-order valence-electron chi connectivity index (χ4n) is 5.51. The molecule has 3 aliphatic rings. The molecule has 39 heavy (non-hydrogen) atoms. The lowest BCUT2D eigenvalue weighted by Gasteiger charge is -2.32. The second-order valence-corrected chi connectivity index (χ2v) is 12.3. The third-order valence-corrected chi connectivity index (χ3v) is 9.86. The number of benzene rings is 3. The van der Waals surface area contributed by atoms with Crippen molar-refractivity contribution in [1.82, 2.24) is 0 Å². The van der Waals surface area contributed by atoms with Gasteiger partial charge in [-0.3, -0.25) is 4.31 Å². The summed E-state index contributed by atoms with van der Waals surface area (Å²) in [5.41, 5.74) is 2.22. The first-order valence-electron chi connectivity index (χ1n) is 12.7. The van der Waals surface area contributed by atoms with E-state index in [1.54, 1.807) is 24.3 Å². The average molecular weight is 556 g/mol. The molecular formula is C29H27F2NO6S. The van der Waals surface area contributed by atoms with Gasteiger partial charge >= 0.3 is 0 Å². The first-order valence-corrected chi connectivity index (χ1v) is 14.2. The number of fused-ring (bicyclic) bond motifs is 2. The van der Waals surface area contributed by atoms with E-state index in [1.807, 2.05) is 0 Å². The third kappa shape index (κ3) is 4.51. The van der Waals surface area contributed by atoms with E-state index in [9.17, 15) is 27.4 Å². The van der Waals surface area contributed by atoms with E-state index < -0.39 is 50.6 Å². The van der Waals surface area contributed by atoms with Gasteiger partial charge in [0.15, 0.2) is 23.1 Å². The lowest BCUT2D eigenvalue weighted by Crippen LogP contribution is -2.44. The van der Waals surface area contributed by atoms with Crippen LogP contribution in [0.1, 0.15) is 30.4 Å². The second-order valence-electron chi connectivity index (χ2n) is 10.2. The van der Waals surface area contributed by atoms with Crippen LogP contribution in [0.2, 0.25) is 0 Å². The number of anilines is 1. The number of hydrogen-bond donors (Lipinski definition) is 2. The van der Waals surface area contributed by atoms with E-state index in [4.69, 9.17) is 9.47 Å². The van der Waals surface area contributed by atoms with Crippen molar-refractivity contribution in [3.63, 3.8) is 0 Å². The van der Waals surface area contributed by atoms with Gasteiger partial charge in [-0.05, 0) is 96.0 Å². The Morgan fingerprint density at radius 3 is 2.05 bits per heavy atom. The van der Waals surface area contributed by atoms with Gasteiger partial charge in [0, 0.05) is 6.54 Å². The highest BCUT2D eigenvalue weighted by molar-refractivity contribution is 7.93. The highest BCUT2D eigenvalue weighted by atomic mass is 32.2. The van der Waals surface area contributed by atoms with Crippen molar-refractivity contribution in [2.45, 2.75) is 36.7 Å². The predicted molar refractivity (Wildman–Crippen MR) is 142 cm³/mol. The van der Waals surface area contributed by atoms with Crippen molar-refractivity contribution >= 4 is 26.9 Å². The molecule has 0 aromatic heterocycles. The van der Waals surface area contributed by atoms with E-state index in [0.29, 0.717) is 40.3 Å².